The summed E-state index contributed by atoms with van der Waals surface area (Å²) in [6.45, 7) is 0.556. The summed E-state index contributed by atoms with van der Waals surface area (Å²) in [4.78, 5) is 24.3. The van der Waals surface area contributed by atoms with Crippen molar-refractivity contribution in [3.05, 3.63) is 40.6 Å². The first-order valence-electron chi connectivity index (χ1n) is 10.5. The molecular formula is C23H22O13. The number of phenols is 4. The van der Waals surface area contributed by atoms with Gasteiger partial charge >= 0.3 is 5.97 Å². The van der Waals surface area contributed by atoms with Crippen LogP contribution in [0.3, 0.4) is 0 Å². The molecule has 192 valence electrons. The molecule has 1 saturated heterocycles. The van der Waals surface area contributed by atoms with E-state index in [1.165, 1.54) is 6.07 Å². The van der Waals surface area contributed by atoms with Gasteiger partial charge in [-0.05, 0) is 18.2 Å². The number of aliphatic hydroxyl groups excluding tert-OH is 3. The van der Waals surface area contributed by atoms with E-state index < -0.39 is 82.8 Å². The molecule has 36 heavy (non-hydrogen) atoms. The molecule has 0 bridgehead atoms. The first-order valence-corrected chi connectivity index (χ1v) is 10.5. The van der Waals surface area contributed by atoms with Gasteiger partial charge in [0.2, 0.25) is 17.5 Å². The lowest BCUT2D eigenvalue weighted by Crippen LogP contribution is -2.41. The van der Waals surface area contributed by atoms with Crippen LogP contribution in [-0.4, -0.2) is 79.0 Å². The largest absolute Gasteiger partial charge is 0.508 e. The standard InChI is InChI=1S/C23H22O13/c1-8(24)33-7-14(29)21-18(31)19(32)23(35-21)36-22-17(30)16-13(28)5-10(25)6-15(16)34-20(22)9-2-3-11(26)12(27)4-9/h2-6,14,18-19,21,23,25-29,31-32H,7H2,1H3/t14-,18-,19-,21-,23+/m1/s1. The van der Waals surface area contributed by atoms with Gasteiger partial charge in [0, 0.05) is 24.6 Å². The second kappa shape index (κ2) is 9.54. The summed E-state index contributed by atoms with van der Waals surface area (Å²) in [6.07, 6.45) is -8.25. The Morgan fingerprint density at radius 1 is 1.03 bits per heavy atom. The van der Waals surface area contributed by atoms with Crippen LogP contribution in [0.5, 0.6) is 28.7 Å². The number of hydrogen-bond acceptors (Lipinski definition) is 13. The van der Waals surface area contributed by atoms with Crippen LogP contribution in [0, 0.1) is 0 Å². The molecule has 1 aliphatic heterocycles. The summed E-state index contributed by atoms with van der Waals surface area (Å²) in [5, 5.41) is 70.2. The Balaban J connectivity index is 1.78. The molecular weight excluding hydrogens is 484 g/mol. The minimum atomic E-state index is -1.79. The molecule has 13 nitrogen and oxygen atoms in total. The van der Waals surface area contributed by atoms with Crippen molar-refractivity contribution in [2.24, 2.45) is 0 Å². The summed E-state index contributed by atoms with van der Waals surface area (Å²) in [7, 11) is 0. The lowest BCUT2D eigenvalue weighted by Gasteiger charge is -2.20. The molecule has 0 spiro atoms. The number of benzene rings is 2. The molecule has 5 atom stereocenters. The molecule has 3 aromatic rings. The van der Waals surface area contributed by atoms with Gasteiger partial charge in [0.05, 0.1) is 0 Å². The van der Waals surface area contributed by atoms with E-state index in [0.29, 0.717) is 0 Å². The highest BCUT2D eigenvalue weighted by atomic mass is 16.7. The Kier molecular flexibility index (Phi) is 6.65. The number of fused-ring (bicyclic) bond motifs is 1. The number of ether oxygens (including phenoxy) is 3. The van der Waals surface area contributed by atoms with Gasteiger partial charge in [0.25, 0.3) is 0 Å². The van der Waals surface area contributed by atoms with Crippen LogP contribution in [-0.2, 0) is 14.3 Å². The van der Waals surface area contributed by atoms with Crippen molar-refractivity contribution >= 4 is 16.9 Å². The van der Waals surface area contributed by atoms with E-state index in [1.54, 1.807) is 0 Å². The van der Waals surface area contributed by atoms with Crippen LogP contribution in [0.1, 0.15) is 6.92 Å². The summed E-state index contributed by atoms with van der Waals surface area (Å²) in [6, 6.07) is 5.35. The van der Waals surface area contributed by atoms with Gasteiger partial charge in [-0.15, -0.1) is 0 Å². The fourth-order valence-corrected chi connectivity index (χ4v) is 3.73. The Morgan fingerprint density at radius 3 is 2.42 bits per heavy atom. The van der Waals surface area contributed by atoms with E-state index in [9.17, 15) is 45.3 Å². The zero-order valence-electron chi connectivity index (χ0n) is 18.6. The highest BCUT2D eigenvalue weighted by molar-refractivity contribution is 5.88. The van der Waals surface area contributed by atoms with Gasteiger partial charge in [-0.25, -0.2) is 0 Å². The fraction of sp³-hybridized carbons (Fsp3) is 0.304. The molecule has 0 amide bonds. The maximum atomic E-state index is 13.3. The van der Waals surface area contributed by atoms with E-state index >= 15 is 0 Å². The number of phenolic OH excluding ortho intramolecular Hbond substituents is 4. The van der Waals surface area contributed by atoms with Crippen molar-refractivity contribution in [1.29, 1.82) is 0 Å². The van der Waals surface area contributed by atoms with Crippen LogP contribution in [0.15, 0.2) is 39.5 Å². The van der Waals surface area contributed by atoms with Crippen molar-refractivity contribution in [3.63, 3.8) is 0 Å². The van der Waals surface area contributed by atoms with Crippen LogP contribution < -0.4 is 10.2 Å². The summed E-state index contributed by atoms with van der Waals surface area (Å²) in [5.74, 6) is -3.77. The van der Waals surface area contributed by atoms with Crippen molar-refractivity contribution in [1.82, 2.24) is 0 Å². The fourth-order valence-electron chi connectivity index (χ4n) is 3.73. The van der Waals surface area contributed by atoms with Gasteiger partial charge in [0.1, 0.15) is 53.5 Å². The molecule has 1 aliphatic rings. The number of esters is 1. The second-order valence-corrected chi connectivity index (χ2v) is 8.07. The number of carbonyl (C=O) groups excluding carboxylic acids is 1. The Hall–Kier alpha value is -4.04. The Morgan fingerprint density at radius 2 is 1.75 bits per heavy atom. The molecule has 4 rings (SSSR count). The quantitative estimate of drug-likeness (QED) is 0.174. The average molecular weight is 506 g/mol. The number of hydrogen-bond donors (Lipinski definition) is 7. The molecule has 0 aliphatic carbocycles. The zero-order chi connectivity index (χ0) is 26.3. The van der Waals surface area contributed by atoms with Crippen molar-refractivity contribution in [3.8, 4) is 40.1 Å². The third-order valence-electron chi connectivity index (χ3n) is 5.48. The molecule has 1 fully saturated rings. The first kappa shape index (κ1) is 25.1. The summed E-state index contributed by atoms with van der Waals surface area (Å²) in [5.41, 5.74) is -1.21. The van der Waals surface area contributed by atoms with E-state index in [-0.39, 0.29) is 16.9 Å². The first-order chi connectivity index (χ1) is 17.0. The SMILES string of the molecule is CC(=O)OC[C@@H](O)[C@H]1O[C@@H](Oc2c(-c3ccc(O)c(O)c3)oc3cc(O)cc(O)c3c2=O)[C@H](O)[C@H]1O. The van der Waals surface area contributed by atoms with Crippen molar-refractivity contribution < 1.29 is 59.2 Å². The van der Waals surface area contributed by atoms with Crippen molar-refractivity contribution in [2.45, 2.75) is 37.6 Å². The topological polar surface area (TPSA) is 217 Å². The summed E-state index contributed by atoms with van der Waals surface area (Å²) >= 11 is 0. The third kappa shape index (κ3) is 4.59. The maximum Gasteiger partial charge on any atom is 0.302 e. The van der Waals surface area contributed by atoms with Gasteiger partial charge in [-0.3, -0.25) is 9.59 Å². The molecule has 2 heterocycles. The van der Waals surface area contributed by atoms with E-state index in [0.717, 1.165) is 31.2 Å². The minimum absolute atomic E-state index is 0.0154. The van der Waals surface area contributed by atoms with Gasteiger partial charge < -0.3 is 54.4 Å². The normalized spacial score (nSPS) is 22.4. The highest BCUT2D eigenvalue weighted by Gasteiger charge is 2.48. The van der Waals surface area contributed by atoms with Gasteiger partial charge in [-0.2, -0.15) is 0 Å². The molecule has 0 saturated carbocycles. The van der Waals surface area contributed by atoms with Crippen LogP contribution in [0.4, 0.5) is 0 Å². The van der Waals surface area contributed by atoms with Crippen LogP contribution in [0.2, 0.25) is 0 Å². The van der Waals surface area contributed by atoms with E-state index in [4.69, 9.17) is 13.9 Å². The number of aliphatic hydroxyl groups is 3. The Labute approximate surface area is 201 Å². The average Bonchev–Trinajstić information content (AvgIpc) is 3.09. The molecule has 2 aromatic carbocycles. The predicted octanol–water partition coefficient (Wildman–Crippen LogP) is 0.0319. The molecule has 13 heteroatoms. The van der Waals surface area contributed by atoms with Crippen LogP contribution in [0.25, 0.3) is 22.3 Å². The summed E-state index contributed by atoms with van der Waals surface area (Å²) < 4.78 is 21.3. The van der Waals surface area contributed by atoms with E-state index in [1.807, 2.05) is 0 Å². The second-order valence-electron chi connectivity index (χ2n) is 8.07. The zero-order valence-corrected chi connectivity index (χ0v) is 18.6. The Bertz CT molecular complexity index is 1360. The lowest BCUT2D eigenvalue weighted by molar-refractivity contribution is -0.156. The minimum Gasteiger partial charge on any atom is -0.508 e. The number of carbonyl (C=O) groups is 1. The van der Waals surface area contributed by atoms with E-state index in [2.05, 4.69) is 4.74 Å². The molecule has 1 aromatic heterocycles. The maximum absolute atomic E-state index is 13.3. The molecule has 7 N–H and O–H groups in total. The highest BCUT2D eigenvalue weighted by Crippen LogP contribution is 2.39. The van der Waals surface area contributed by atoms with Crippen molar-refractivity contribution in [2.75, 3.05) is 6.61 Å². The molecule has 0 radical (unpaired) electrons. The monoisotopic (exact) mass is 506 g/mol. The van der Waals surface area contributed by atoms with Gasteiger partial charge in [0.15, 0.2) is 17.3 Å². The number of aromatic hydroxyl groups is 4. The van der Waals surface area contributed by atoms with Crippen LogP contribution >= 0.6 is 0 Å². The van der Waals surface area contributed by atoms with Gasteiger partial charge in [-0.1, -0.05) is 0 Å². The third-order valence-corrected chi connectivity index (χ3v) is 5.48. The molecule has 0 unspecified atom stereocenters. The predicted molar refractivity (Wildman–Crippen MR) is 119 cm³/mol. The number of rotatable bonds is 6. The lowest BCUT2D eigenvalue weighted by atomic mass is 10.1. The smallest absolute Gasteiger partial charge is 0.302 e.